The molecular weight excluding hydrogens is 417 g/mol. The first-order chi connectivity index (χ1) is 13.8. The number of carbonyl (C=O) groups excluding carboxylic acids is 2. The number of aryl methyl sites for hydroxylation is 1. The molecule has 1 heterocycles. The van der Waals surface area contributed by atoms with Crippen LogP contribution in [0.3, 0.4) is 0 Å². The van der Waals surface area contributed by atoms with Gasteiger partial charge in [0.1, 0.15) is 10.8 Å². The second kappa shape index (κ2) is 9.04. The Labute approximate surface area is 173 Å². The van der Waals surface area contributed by atoms with Crippen molar-refractivity contribution >= 4 is 38.1 Å². The summed E-state index contributed by atoms with van der Waals surface area (Å²) >= 11 is 1.35. The molecule has 0 radical (unpaired) electrons. The predicted molar refractivity (Wildman–Crippen MR) is 109 cm³/mol. The summed E-state index contributed by atoms with van der Waals surface area (Å²) in [5.74, 6) is -1.92. The maximum absolute atomic E-state index is 13.0. The minimum Gasteiger partial charge on any atom is -0.462 e. The van der Waals surface area contributed by atoms with Gasteiger partial charge in [-0.15, -0.1) is 11.3 Å². The molecule has 0 unspecified atom stereocenters. The van der Waals surface area contributed by atoms with Crippen LogP contribution in [0.15, 0.2) is 29.2 Å². The number of hydrogen-bond donors (Lipinski definition) is 1. The molecule has 0 saturated heterocycles. The maximum Gasteiger partial charge on any atom is 0.341 e. The molecule has 1 aliphatic carbocycles. The van der Waals surface area contributed by atoms with Crippen LogP contribution in [0, 0.1) is 5.82 Å². The van der Waals surface area contributed by atoms with Crippen molar-refractivity contribution in [2.45, 2.75) is 43.9 Å². The largest absolute Gasteiger partial charge is 0.462 e. The number of amides is 1. The van der Waals surface area contributed by atoms with E-state index in [1.807, 2.05) is 0 Å². The van der Waals surface area contributed by atoms with Crippen LogP contribution in [0.5, 0.6) is 0 Å². The lowest BCUT2D eigenvalue weighted by Crippen LogP contribution is -2.19. The maximum atomic E-state index is 13.0. The number of rotatable bonds is 7. The van der Waals surface area contributed by atoms with E-state index in [0.29, 0.717) is 10.6 Å². The van der Waals surface area contributed by atoms with Gasteiger partial charge >= 0.3 is 5.97 Å². The molecule has 9 heteroatoms. The van der Waals surface area contributed by atoms with Gasteiger partial charge < -0.3 is 10.1 Å². The summed E-state index contributed by atoms with van der Waals surface area (Å²) in [6.07, 6.45) is 3.33. The molecule has 156 valence electrons. The highest BCUT2D eigenvalue weighted by molar-refractivity contribution is 7.91. The summed E-state index contributed by atoms with van der Waals surface area (Å²) in [5.41, 5.74) is 1.32. The van der Waals surface area contributed by atoms with E-state index >= 15 is 0 Å². The lowest BCUT2D eigenvalue weighted by Gasteiger charge is -2.12. The van der Waals surface area contributed by atoms with E-state index in [4.69, 9.17) is 4.74 Å². The molecule has 1 N–H and O–H groups in total. The van der Waals surface area contributed by atoms with Crippen molar-refractivity contribution in [1.29, 1.82) is 0 Å². The molecule has 1 amide bonds. The van der Waals surface area contributed by atoms with E-state index in [1.54, 1.807) is 6.92 Å². The molecule has 6 nitrogen and oxygen atoms in total. The van der Waals surface area contributed by atoms with Gasteiger partial charge in [-0.3, -0.25) is 4.79 Å². The Hall–Kier alpha value is -2.26. The number of esters is 1. The molecule has 1 aliphatic rings. The molecule has 29 heavy (non-hydrogen) atoms. The molecule has 0 spiro atoms. The molecule has 3 rings (SSSR count). The normalized spacial score (nSPS) is 13.6. The van der Waals surface area contributed by atoms with Crippen molar-refractivity contribution < 1.29 is 27.1 Å². The van der Waals surface area contributed by atoms with Crippen molar-refractivity contribution in [3.05, 3.63) is 46.1 Å². The number of halogens is 1. The highest BCUT2D eigenvalue weighted by Crippen LogP contribution is 2.38. The lowest BCUT2D eigenvalue weighted by atomic mass is 9.95. The van der Waals surface area contributed by atoms with Gasteiger partial charge in [0.05, 0.1) is 22.8 Å². The summed E-state index contributed by atoms with van der Waals surface area (Å²) in [7, 11) is -3.72. The molecule has 0 fully saturated rings. The summed E-state index contributed by atoms with van der Waals surface area (Å²) in [4.78, 5) is 25.9. The van der Waals surface area contributed by atoms with Crippen molar-refractivity contribution in [3.8, 4) is 0 Å². The third-order valence-electron chi connectivity index (χ3n) is 4.67. The van der Waals surface area contributed by atoms with Crippen LogP contribution in [0.4, 0.5) is 9.39 Å². The fourth-order valence-electron chi connectivity index (χ4n) is 3.25. The smallest absolute Gasteiger partial charge is 0.341 e. The van der Waals surface area contributed by atoms with E-state index in [9.17, 15) is 22.4 Å². The molecule has 2 aromatic rings. The zero-order valence-electron chi connectivity index (χ0n) is 16.0. The Morgan fingerprint density at radius 2 is 1.86 bits per heavy atom. The fraction of sp³-hybridized carbons (Fsp3) is 0.400. The second-order valence-electron chi connectivity index (χ2n) is 6.71. The van der Waals surface area contributed by atoms with Crippen molar-refractivity contribution in [1.82, 2.24) is 0 Å². The molecule has 0 saturated carbocycles. The van der Waals surface area contributed by atoms with Gasteiger partial charge in [-0.25, -0.2) is 17.6 Å². The van der Waals surface area contributed by atoms with Gasteiger partial charge in [0.25, 0.3) is 0 Å². The van der Waals surface area contributed by atoms with E-state index in [0.717, 1.165) is 48.3 Å². The molecule has 1 aromatic carbocycles. The van der Waals surface area contributed by atoms with Crippen molar-refractivity contribution in [3.63, 3.8) is 0 Å². The number of fused-ring (bicyclic) bond motifs is 1. The third kappa shape index (κ3) is 5.02. The fourth-order valence-corrected chi connectivity index (χ4v) is 5.78. The number of thiophene rings is 1. The Morgan fingerprint density at radius 1 is 1.17 bits per heavy atom. The Kier molecular flexibility index (Phi) is 6.69. The standard InChI is InChI=1S/C20H22FNO5S2/c1-2-27-20(24)18-15-5-3-4-6-16(15)28-19(18)22-17(23)11-12-29(25,26)14-9-7-13(21)8-10-14/h7-10H,2-6,11-12H2,1H3,(H,22,23). The monoisotopic (exact) mass is 439 g/mol. The van der Waals surface area contributed by atoms with Gasteiger partial charge in [-0.1, -0.05) is 0 Å². The van der Waals surface area contributed by atoms with Crippen LogP contribution in [0.2, 0.25) is 0 Å². The third-order valence-corrected chi connectivity index (χ3v) is 7.61. The number of sulfone groups is 1. The van der Waals surface area contributed by atoms with Crippen LogP contribution in [0.1, 0.15) is 47.0 Å². The van der Waals surface area contributed by atoms with Crippen LogP contribution in [-0.4, -0.2) is 32.7 Å². The van der Waals surface area contributed by atoms with E-state index in [2.05, 4.69) is 5.32 Å². The number of carbonyl (C=O) groups is 2. The minimum atomic E-state index is -3.72. The summed E-state index contributed by atoms with van der Waals surface area (Å²) in [6.45, 7) is 1.95. The molecule has 1 aromatic heterocycles. The van der Waals surface area contributed by atoms with Gasteiger partial charge in [-0.2, -0.15) is 0 Å². The topological polar surface area (TPSA) is 89.5 Å². The average Bonchev–Trinajstić information content (AvgIpc) is 3.05. The number of ether oxygens (including phenoxy) is 1. The molecule has 0 atom stereocenters. The van der Waals surface area contributed by atoms with E-state index in [1.165, 1.54) is 23.5 Å². The highest BCUT2D eigenvalue weighted by atomic mass is 32.2. The van der Waals surface area contributed by atoms with Gasteiger partial charge in [0.2, 0.25) is 5.91 Å². The zero-order valence-corrected chi connectivity index (χ0v) is 17.6. The zero-order chi connectivity index (χ0) is 21.0. The number of benzene rings is 1. The SMILES string of the molecule is CCOC(=O)c1c(NC(=O)CCS(=O)(=O)c2ccc(F)cc2)sc2c1CCCC2. The van der Waals surface area contributed by atoms with Gasteiger partial charge in [0, 0.05) is 11.3 Å². The summed E-state index contributed by atoms with van der Waals surface area (Å²) in [5, 5.41) is 3.11. The van der Waals surface area contributed by atoms with Crippen molar-refractivity contribution in [2.75, 3.05) is 17.7 Å². The number of nitrogens with one attached hydrogen (secondary N) is 1. The van der Waals surface area contributed by atoms with Crippen LogP contribution in [-0.2, 0) is 32.2 Å². The number of anilines is 1. The van der Waals surface area contributed by atoms with Crippen LogP contribution in [0.25, 0.3) is 0 Å². The Balaban J connectivity index is 1.73. The van der Waals surface area contributed by atoms with Crippen molar-refractivity contribution in [2.24, 2.45) is 0 Å². The second-order valence-corrected chi connectivity index (χ2v) is 9.92. The van der Waals surface area contributed by atoms with Crippen LogP contribution >= 0.6 is 11.3 Å². The first-order valence-electron chi connectivity index (χ1n) is 9.41. The lowest BCUT2D eigenvalue weighted by molar-refractivity contribution is -0.115. The van der Waals surface area contributed by atoms with Gasteiger partial charge in [0.15, 0.2) is 9.84 Å². The average molecular weight is 440 g/mol. The van der Waals surface area contributed by atoms with Crippen LogP contribution < -0.4 is 5.32 Å². The Morgan fingerprint density at radius 3 is 2.55 bits per heavy atom. The first kappa shape index (κ1) is 21.4. The van der Waals surface area contributed by atoms with E-state index < -0.39 is 33.3 Å². The predicted octanol–water partition coefficient (Wildman–Crippen LogP) is 3.75. The summed E-state index contributed by atoms with van der Waals surface area (Å²) in [6, 6.07) is 4.48. The first-order valence-corrected chi connectivity index (χ1v) is 11.9. The van der Waals surface area contributed by atoms with E-state index in [-0.39, 0.29) is 17.9 Å². The molecular formula is C20H22FNO5S2. The van der Waals surface area contributed by atoms with Gasteiger partial charge in [-0.05, 0) is 62.4 Å². The highest BCUT2D eigenvalue weighted by Gasteiger charge is 2.27. The molecule has 0 aliphatic heterocycles. The summed E-state index contributed by atoms with van der Waals surface area (Å²) < 4.78 is 42.8. The number of hydrogen-bond acceptors (Lipinski definition) is 6. The Bertz CT molecular complexity index is 1010. The minimum absolute atomic E-state index is 0.0366. The molecule has 0 bridgehead atoms. The quantitative estimate of drug-likeness (QED) is 0.524.